The maximum absolute atomic E-state index is 12.0. The Bertz CT molecular complexity index is 575. The zero-order valence-electron chi connectivity index (χ0n) is 10.4. The van der Waals surface area contributed by atoms with E-state index in [1.54, 1.807) is 24.3 Å². The lowest BCUT2D eigenvalue weighted by molar-refractivity contribution is 0.0946. The van der Waals surface area contributed by atoms with Gasteiger partial charge in [-0.25, -0.2) is 0 Å². The van der Waals surface area contributed by atoms with Crippen LogP contribution >= 0.6 is 0 Å². The Morgan fingerprint density at radius 2 is 2.22 bits per heavy atom. The summed E-state index contributed by atoms with van der Waals surface area (Å²) in [6.45, 7) is 3.97. The smallest absolute Gasteiger partial charge is 0.252 e. The Morgan fingerprint density at radius 3 is 2.89 bits per heavy atom. The topological polar surface area (TPSA) is 81.2 Å². The number of nitrogen functional groups attached to an aromatic ring is 1. The molecule has 0 unspecified atom stereocenters. The van der Waals surface area contributed by atoms with Crippen molar-refractivity contribution in [2.24, 2.45) is 0 Å². The van der Waals surface area contributed by atoms with Crippen molar-refractivity contribution < 1.29 is 9.32 Å². The SMILES string of the molecule is Cc1cc(CNC(=O)c2cccc(N)c2C)on1. The molecule has 94 valence electrons. The van der Waals surface area contributed by atoms with Crippen molar-refractivity contribution >= 4 is 11.6 Å². The highest BCUT2D eigenvalue weighted by Crippen LogP contribution is 2.15. The Balaban J connectivity index is 2.06. The Morgan fingerprint density at radius 1 is 1.44 bits per heavy atom. The molecule has 1 aromatic carbocycles. The van der Waals surface area contributed by atoms with Crippen LogP contribution in [-0.2, 0) is 6.54 Å². The van der Waals surface area contributed by atoms with E-state index in [0.29, 0.717) is 23.6 Å². The average molecular weight is 245 g/mol. The normalized spacial score (nSPS) is 10.3. The van der Waals surface area contributed by atoms with Crippen LogP contribution in [0.25, 0.3) is 0 Å². The van der Waals surface area contributed by atoms with Crippen LogP contribution in [-0.4, -0.2) is 11.1 Å². The predicted octanol–water partition coefficient (Wildman–Crippen LogP) is 1.80. The molecular weight excluding hydrogens is 230 g/mol. The standard InChI is InChI=1S/C13H15N3O2/c1-8-6-10(18-16-8)7-15-13(17)11-4-3-5-12(14)9(11)2/h3-6H,7,14H2,1-2H3,(H,15,17). The zero-order chi connectivity index (χ0) is 13.1. The van der Waals surface area contributed by atoms with Gasteiger partial charge in [0.15, 0.2) is 5.76 Å². The Hall–Kier alpha value is -2.30. The molecule has 2 aromatic rings. The molecule has 0 aliphatic rings. The second-order valence-electron chi connectivity index (χ2n) is 4.14. The molecule has 1 heterocycles. The third kappa shape index (κ3) is 2.51. The summed E-state index contributed by atoms with van der Waals surface area (Å²) in [6.07, 6.45) is 0. The van der Waals surface area contributed by atoms with Crippen molar-refractivity contribution in [2.45, 2.75) is 20.4 Å². The fourth-order valence-electron chi connectivity index (χ4n) is 1.66. The number of nitrogens with one attached hydrogen (secondary N) is 1. The molecule has 5 nitrogen and oxygen atoms in total. The van der Waals surface area contributed by atoms with Gasteiger partial charge in [0.05, 0.1) is 12.2 Å². The fraction of sp³-hybridized carbons (Fsp3) is 0.231. The molecule has 0 spiro atoms. The molecule has 0 saturated heterocycles. The van der Waals surface area contributed by atoms with Crippen LogP contribution in [0.3, 0.4) is 0 Å². The monoisotopic (exact) mass is 245 g/mol. The molecule has 2 rings (SSSR count). The highest BCUT2D eigenvalue weighted by molar-refractivity contribution is 5.96. The number of amides is 1. The predicted molar refractivity (Wildman–Crippen MR) is 68.0 cm³/mol. The van der Waals surface area contributed by atoms with Crippen molar-refractivity contribution in [3.63, 3.8) is 0 Å². The van der Waals surface area contributed by atoms with E-state index in [0.717, 1.165) is 11.3 Å². The molecule has 0 saturated carbocycles. The van der Waals surface area contributed by atoms with Gasteiger partial charge in [-0.05, 0) is 31.5 Å². The first kappa shape index (κ1) is 12.2. The van der Waals surface area contributed by atoms with Gasteiger partial charge in [-0.3, -0.25) is 4.79 Å². The van der Waals surface area contributed by atoms with Crippen molar-refractivity contribution in [1.82, 2.24) is 10.5 Å². The third-order valence-corrected chi connectivity index (χ3v) is 2.72. The second kappa shape index (κ2) is 4.91. The number of benzene rings is 1. The van der Waals surface area contributed by atoms with Gasteiger partial charge in [-0.15, -0.1) is 0 Å². The molecule has 18 heavy (non-hydrogen) atoms. The molecule has 0 fully saturated rings. The highest BCUT2D eigenvalue weighted by Gasteiger charge is 2.11. The summed E-state index contributed by atoms with van der Waals surface area (Å²) >= 11 is 0. The number of nitrogens with two attached hydrogens (primary N) is 1. The zero-order valence-corrected chi connectivity index (χ0v) is 10.4. The second-order valence-corrected chi connectivity index (χ2v) is 4.14. The van der Waals surface area contributed by atoms with E-state index in [2.05, 4.69) is 10.5 Å². The summed E-state index contributed by atoms with van der Waals surface area (Å²) in [6, 6.07) is 7.06. The summed E-state index contributed by atoms with van der Waals surface area (Å²) in [7, 11) is 0. The highest BCUT2D eigenvalue weighted by atomic mass is 16.5. The minimum absolute atomic E-state index is 0.172. The van der Waals surface area contributed by atoms with Gasteiger partial charge in [-0.1, -0.05) is 11.2 Å². The van der Waals surface area contributed by atoms with Crippen molar-refractivity contribution in [3.05, 3.63) is 46.8 Å². The number of nitrogens with zero attached hydrogens (tertiary/aromatic N) is 1. The fourth-order valence-corrected chi connectivity index (χ4v) is 1.66. The van der Waals surface area contributed by atoms with Gasteiger partial charge in [0.2, 0.25) is 0 Å². The van der Waals surface area contributed by atoms with Crippen LogP contribution in [0.1, 0.15) is 27.4 Å². The van der Waals surface area contributed by atoms with Gasteiger partial charge in [0.25, 0.3) is 5.91 Å². The molecule has 0 aliphatic carbocycles. The van der Waals surface area contributed by atoms with Gasteiger partial charge in [-0.2, -0.15) is 0 Å². The quantitative estimate of drug-likeness (QED) is 0.808. The van der Waals surface area contributed by atoms with Crippen molar-refractivity contribution in [2.75, 3.05) is 5.73 Å². The largest absolute Gasteiger partial charge is 0.398 e. The van der Waals surface area contributed by atoms with Crippen LogP contribution in [0, 0.1) is 13.8 Å². The molecule has 0 radical (unpaired) electrons. The van der Waals surface area contributed by atoms with Gasteiger partial charge >= 0.3 is 0 Å². The summed E-state index contributed by atoms with van der Waals surface area (Å²) in [5.74, 6) is 0.455. The summed E-state index contributed by atoms with van der Waals surface area (Å²) in [4.78, 5) is 12.0. The number of aromatic nitrogens is 1. The van der Waals surface area contributed by atoms with E-state index in [4.69, 9.17) is 10.3 Å². The molecule has 3 N–H and O–H groups in total. The van der Waals surface area contributed by atoms with Crippen LogP contribution < -0.4 is 11.1 Å². The van der Waals surface area contributed by atoms with Gasteiger partial charge in [0.1, 0.15) is 0 Å². The molecule has 5 heteroatoms. The lowest BCUT2D eigenvalue weighted by Gasteiger charge is -2.07. The van der Waals surface area contributed by atoms with Crippen molar-refractivity contribution in [3.8, 4) is 0 Å². The van der Waals surface area contributed by atoms with E-state index < -0.39 is 0 Å². The summed E-state index contributed by atoms with van der Waals surface area (Å²) in [5, 5.41) is 6.52. The minimum atomic E-state index is -0.172. The van der Waals surface area contributed by atoms with E-state index in [1.807, 2.05) is 13.8 Å². The molecule has 0 bridgehead atoms. The molecule has 0 aliphatic heterocycles. The lowest BCUT2D eigenvalue weighted by Crippen LogP contribution is -2.23. The van der Waals surface area contributed by atoms with E-state index >= 15 is 0 Å². The molecule has 1 amide bonds. The number of aryl methyl sites for hydroxylation is 1. The van der Waals surface area contributed by atoms with Crippen LogP contribution in [0.4, 0.5) is 5.69 Å². The van der Waals surface area contributed by atoms with Crippen LogP contribution in [0.2, 0.25) is 0 Å². The maximum Gasteiger partial charge on any atom is 0.252 e. The average Bonchev–Trinajstić information content (AvgIpc) is 2.76. The van der Waals surface area contributed by atoms with E-state index in [-0.39, 0.29) is 5.91 Å². The van der Waals surface area contributed by atoms with E-state index in [1.165, 1.54) is 0 Å². The summed E-state index contributed by atoms with van der Waals surface area (Å²) in [5.41, 5.74) is 8.52. The van der Waals surface area contributed by atoms with Crippen LogP contribution in [0.5, 0.6) is 0 Å². The number of anilines is 1. The first-order valence-electron chi connectivity index (χ1n) is 5.63. The number of carbonyl (C=O) groups excluding carboxylic acids is 1. The van der Waals surface area contributed by atoms with Gasteiger partial charge < -0.3 is 15.6 Å². The Kier molecular flexibility index (Phi) is 3.32. The third-order valence-electron chi connectivity index (χ3n) is 2.72. The molecular formula is C13H15N3O2. The summed E-state index contributed by atoms with van der Waals surface area (Å²) < 4.78 is 5.02. The number of rotatable bonds is 3. The van der Waals surface area contributed by atoms with E-state index in [9.17, 15) is 4.79 Å². The molecule has 0 atom stereocenters. The minimum Gasteiger partial charge on any atom is -0.398 e. The molecule has 1 aromatic heterocycles. The van der Waals surface area contributed by atoms with Crippen molar-refractivity contribution in [1.29, 1.82) is 0 Å². The number of hydrogen-bond acceptors (Lipinski definition) is 4. The first-order chi connectivity index (χ1) is 8.58. The lowest BCUT2D eigenvalue weighted by atomic mass is 10.1. The van der Waals surface area contributed by atoms with Gasteiger partial charge in [0, 0.05) is 17.3 Å². The number of hydrogen-bond donors (Lipinski definition) is 2. The van der Waals surface area contributed by atoms with Crippen LogP contribution in [0.15, 0.2) is 28.8 Å². The number of carbonyl (C=O) groups is 1. The Labute approximate surface area is 105 Å². The maximum atomic E-state index is 12.0. The first-order valence-corrected chi connectivity index (χ1v) is 5.63.